The number of benzene rings is 2. The standard InChI is InChI=1S/C24H23ClN6S/c25-20-5-4-8-22(17-20)29-15-13-28(14-16-29)18-30-24(32)31(21-6-2-1-3-7-21)23(27-30)19-9-11-26-12-10-19/h1-12,17H,13-16,18H2. The number of nitrogens with zero attached hydrogens (tertiary/aromatic N) is 6. The maximum Gasteiger partial charge on any atom is 0.204 e. The number of hydrogen-bond donors (Lipinski definition) is 0. The molecule has 162 valence electrons. The van der Waals surface area contributed by atoms with E-state index in [1.54, 1.807) is 12.4 Å². The molecule has 0 unspecified atom stereocenters. The van der Waals surface area contributed by atoms with Gasteiger partial charge in [-0.1, -0.05) is 35.9 Å². The Balaban J connectivity index is 1.39. The van der Waals surface area contributed by atoms with Crippen molar-refractivity contribution in [3.05, 3.63) is 88.9 Å². The van der Waals surface area contributed by atoms with Crippen LogP contribution >= 0.6 is 23.8 Å². The van der Waals surface area contributed by atoms with Gasteiger partial charge in [0, 0.05) is 60.5 Å². The highest BCUT2D eigenvalue weighted by Crippen LogP contribution is 2.23. The Morgan fingerprint density at radius 2 is 1.56 bits per heavy atom. The summed E-state index contributed by atoms with van der Waals surface area (Å²) in [5, 5.41) is 5.68. The molecule has 0 atom stereocenters. The van der Waals surface area contributed by atoms with Gasteiger partial charge in [0.25, 0.3) is 0 Å². The van der Waals surface area contributed by atoms with Crippen LogP contribution in [0.25, 0.3) is 17.1 Å². The normalized spacial score (nSPS) is 14.6. The van der Waals surface area contributed by atoms with E-state index in [0.717, 1.165) is 48.3 Å². The molecule has 1 fully saturated rings. The third-order valence-corrected chi connectivity index (χ3v) is 6.30. The van der Waals surface area contributed by atoms with Gasteiger partial charge in [-0.05, 0) is 54.7 Å². The van der Waals surface area contributed by atoms with Gasteiger partial charge < -0.3 is 4.90 Å². The summed E-state index contributed by atoms with van der Waals surface area (Å²) < 4.78 is 4.64. The monoisotopic (exact) mass is 462 g/mol. The molecule has 0 amide bonds. The molecule has 0 radical (unpaired) electrons. The minimum atomic E-state index is 0.653. The largest absolute Gasteiger partial charge is 0.369 e. The van der Waals surface area contributed by atoms with Gasteiger partial charge in [-0.3, -0.25) is 14.5 Å². The van der Waals surface area contributed by atoms with Crippen molar-refractivity contribution in [2.24, 2.45) is 0 Å². The highest BCUT2D eigenvalue weighted by molar-refractivity contribution is 7.71. The van der Waals surface area contributed by atoms with E-state index in [-0.39, 0.29) is 0 Å². The van der Waals surface area contributed by atoms with E-state index < -0.39 is 0 Å². The van der Waals surface area contributed by atoms with Gasteiger partial charge in [0.2, 0.25) is 4.77 Å². The van der Waals surface area contributed by atoms with E-state index in [4.69, 9.17) is 28.9 Å². The van der Waals surface area contributed by atoms with E-state index in [0.29, 0.717) is 11.4 Å². The van der Waals surface area contributed by atoms with Crippen molar-refractivity contribution in [3.63, 3.8) is 0 Å². The molecule has 8 heteroatoms. The predicted octanol–water partition coefficient (Wildman–Crippen LogP) is 4.90. The number of anilines is 1. The first kappa shape index (κ1) is 20.9. The van der Waals surface area contributed by atoms with Crippen LogP contribution in [0.5, 0.6) is 0 Å². The Morgan fingerprint density at radius 1 is 0.844 bits per heavy atom. The highest BCUT2D eigenvalue weighted by Gasteiger charge is 2.20. The van der Waals surface area contributed by atoms with Crippen molar-refractivity contribution in [2.45, 2.75) is 6.67 Å². The maximum atomic E-state index is 6.17. The Labute approximate surface area is 197 Å². The van der Waals surface area contributed by atoms with E-state index in [2.05, 4.69) is 33.0 Å². The molecule has 5 rings (SSSR count). The van der Waals surface area contributed by atoms with Crippen molar-refractivity contribution in [1.82, 2.24) is 24.2 Å². The second-order valence-electron chi connectivity index (χ2n) is 7.74. The molecule has 2 aromatic carbocycles. The van der Waals surface area contributed by atoms with Crippen LogP contribution in [-0.2, 0) is 6.67 Å². The number of pyridine rings is 1. The van der Waals surface area contributed by atoms with Gasteiger partial charge in [0.15, 0.2) is 5.82 Å². The van der Waals surface area contributed by atoms with Gasteiger partial charge in [-0.2, -0.15) is 0 Å². The Kier molecular flexibility index (Phi) is 6.03. The van der Waals surface area contributed by atoms with Crippen LogP contribution in [0.2, 0.25) is 5.02 Å². The van der Waals surface area contributed by atoms with Gasteiger partial charge in [-0.25, -0.2) is 4.68 Å². The van der Waals surface area contributed by atoms with Crippen LogP contribution in [0.15, 0.2) is 79.1 Å². The van der Waals surface area contributed by atoms with Crippen LogP contribution in [0.4, 0.5) is 5.69 Å². The lowest BCUT2D eigenvalue weighted by Crippen LogP contribution is -2.47. The number of hydrogen-bond acceptors (Lipinski definition) is 5. The van der Waals surface area contributed by atoms with Crippen molar-refractivity contribution >= 4 is 29.5 Å². The molecular weight excluding hydrogens is 440 g/mol. The maximum absolute atomic E-state index is 6.17. The number of aromatic nitrogens is 4. The summed E-state index contributed by atoms with van der Waals surface area (Å²) in [5.74, 6) is 0.821. The number of rotatable bonds is 5. The summed E-state index contributed by atoms with van der Waals surface area (Å²) in [7, 11) is 0. The van der Waals surface area contributed by atoms with E-state index in [1.807, 2.05) is 57.8 Å². The van der Waals surface area contributed by atoms with Crippen molar-refractivity contribution in [2.75, 3.05) is 31.1 Å². The molecule has 0 saturated carbocycles. The Hall–Kier alpha value is -3.00. The average molecular weight is 463 g/mol. The Morgan fingerprint density at radius 3 is 2.28 bits per heavy atom. The molecule has 1 aliphatic rings. The molecular formula is C24H23ClN6S. The molecule has 0 bridgehead atoms. The average Bonchev–Trinajstić information content (AvgIpc) is 3.16. The summed E-state index contributed by atoms with van der Waals surface area (Å²) in [6.45, 7) is 4.38. The molecule has 32 heavy (non-hydrogen) atoms. The third-order valence-electron chi connectivity index (χ3n) is 5.67. The van der Waals surface area contributed by atoms with Crippen LogP contribution in [0.3, 0.4) is 0 Å². The molecule has 0 N–H and O–H groups in total. The lowest BCUT2D eigenvalue weighted by Gasteiger charge is -2.35. The zero-order valence-corrected chi connectivity index (χ0v) is 19.1. The van der Waals surface area contributed by atoms with Gasteiger partial charge >= 0.3 is 0 Å². The third kappa shape index (κ3) is 4.32. The van der Waals surface area contributed by atoms with E-state index in [1.165, 1.54) is 5.69 Å². The smallest absolute Gasteiger partial charge is 0.204 e. The summed E-state index contributed by atoms with van der Waals surface area (Å²) in [6.07, 6.45) is 3.56. The molecule has 6 nitrogen and oxygen atoms in total. The first-order valence-corrected chi connectivity index (χ1v) is 11.4. The summed E-state index contributed by atoms with van der Waals surface area (Å²) in [5.41, 5.74) is 3.16. The summed E-state index contributed by atoms with van der Waals surface area (Å²) in [6, 6.07) is 22.1. The number of piperazine rings is 1. The van der Waals surface area contributed by atoms with Crippen LogP contribution < -0.4 is 4.90 Å². The van der Waals surface area contributed by atoms with Crippen LogP contribution in [-0.4, -0.2) is 50.4 Å². The lowest BCUT2D eigenvalue weighted by atomic mass is 10.2. The van der Waals surface area contributed by atoms with Crippen LogP contribution in [0.1, 0.15) is 0 Å². The van der Waals surface area contributed by atoms with Crippen molar-refractivity contribution < 1.29 is 0 Å². The fourth-order valence-corrected chi connectivity index (χ4v) is 4.48. The van der Waals surface area contributed by atoms with Gasteiger partial charge in [-0.15, -0.1) is 5.10 Å². The van der Waals surface area contributed by atoms with Gasteiger partial charge in [0.05, 0.1) is 6.67 Å². The quantitative estimate of drug-likeness (QED) is 0.395. The fourth-order valence-electron chi connectivity index (χ4n) is 4.01. The summed E-state index contributed by atoms with van der Waals surface area (Å²) in [4.78, 5) is 8.89. The highest BCUT2D eigenvalue weighted by atomic mass is 35.5. The molecule has 0 spiro atoms. The SMILES string of the molecule is S=c1n(CN2CCN(c3cccc(Cl)c3)CC2)nc(-c2ccncc2)n1-c1ccccc1. The topological polar surface area (TPSA) is 42.1 Å². The first-order chi connectivity index (χ1) is 15.7. The fraction of sp³-hybridized carbons (Fsp3) is 0.208. The van der Waals surface area contributed by atoms with E-state index >= 15 is 0 Å². The second-order valence-corrected chi connectivity index (χ2v) is 8.54. The molecule has 1 aliphatic heterocycles. The zero-order valence-electron chi connectivity index (χ0n) is 17.5. The molecule has 1 saturated heterocycles. The first-order valence-electron chi connectivity index (χ1n) is 10.6. The Bertz CT molecular complexity index is 1250. The minimum absolute atomic E-state index is 0.653. The number of para-hydroxylation sites is 1. The number of halogens is 1. The van der Waals surface area contributed by atoms with E-state index in [9.17, 15) is 0 Å². The minimum Gasteiger partial charge on any atom is -0.369 e. The van der Waals surface area contributed by atoms with Crippen molar-refractivity contribution in [1.29, 1.82) is 0 Å². The molecule has 4 aromatic rings. The zero-order chi connectivity index (χ0) is 21.9. The molecule has 3 heterocycles. The molecule has 2 aromatic heterocycles. The van der Waals surface area contributed by atoms with Crippen molar-refractivity contribution in [3.8, 4) is 17.1 Å². The molecule has 0 aliphatic carbocycles. The second kappa shape index (κ2) is 9.24. The van der Waals surface area contributed by atoms with Gasteiger partial charge in [0.1, 0.15) is 0 Å². The predicted molar refractivity (Wildman–Crippen MR) is 131 cm³/mol. The lowest BCUT2D eigenvalue weighted by molar-refractivity contribution is 0.194. The summed E-state index contributed by atoms with van der Waals surface area (Å²) >= 11 is 12.0. The van der Waals surface area contributed by atoms with Crippen LogP contribution in [0, 0.1) is 4.77 Å².